The Bertz CT molecular complexity index is 1160. The van der Waals surface area contributed by atoms with E-state index in [2.05, 4.69) is 69.6 Å². The van der Waals surface area contributed by atoms with E-state index in [4.69, 9.17) is 0 Å². The number of fused-ring (bicyclic) bond motifs is 4. The molecule has 156 valence electrons. The average molecular weight is 402 g/mol. The van der Waals surface area contributed by atoms with Gasteiger partial charge in [0.05, 0.1) is 5.60 Å². The molecule has 4 heteroatoms. The number of nitrogens with zero attached hydrogens (tertiary/aromatic N) is 1. The molecule has 30 heavy (non-hydrogen) atoms. The zero-order valence-corrected chi connectivity index (χ0v) is 17.9. The van der Waals surface area contributed by atoms with Crippen LogP contribution in [0.2, 0.25) is 0 Å². The molecule has 4 aromatic rings. The highest BCUT2D eigenvalue weighted by Crippen LogP contribution is 2.39. The molecular weight excluding hydrogens is 370 g/mol. The summed E-state index contributed by atoms with van der Waals surface area (Å²) in [6.45, 7) is 6.52. The molecule has 0 amide bonds. The maximum Gasteiger partial charge on any atom is 0.0718 e. The van der Waals surface area contributed by atoms with Gasteiger partial charge in [-0.05, 0) is 62.9 Å². The van der Waals surface area contributed by atoms with Crippen molar-refractivity contribution in [1.29, 1.82) is 0 Å². The second kappa shape index (κ2) is 7.60. The summed E-state index contributed by atoms with van der Waals surface area (Å²) >= 11 is 0. The van der Waals surface area contributed by atoms with Crippen LogP contribution in [0, 0.1) is 0 Å². The molecule has 0 saturated heterocycles. The van der Waals surface area contributed by atoms with E-state index in [1.165, 1.54) is 38.6 Å². The third-order valence-corrected chi connectivity index (χ3v) is 6.45. The van der Waals surface area contributed by atoms with Crippen molar-refractivity contribution in [3.63, 3.8) is 0 Å². The van der Waals surface area contributed by atoms with E-state index in [0.29, 0.717) is 12.5 Å². The lowest BCUT2D eigenvalue weighted by Gasteiger charge is -2.28. The van der Waals surface area contributed by atoms with Crippen LogP contribution in [0.15, 0.2) is 54.7 Å². The third kappa shape index (κ3) is 3.66. The van der Waals surface area contributed by atoms with E-state index in [-0.39, 0.29) is 0 Å². The van der Waals surface area contributed by atoms with Crippen LogP contribution in [0.3, 0.4) is 0 Å². The van der Waals surface area contributed by atoms with Crippen LogP contribution in [0.25, 0.3) is 21.8 Å². The second-order valence-electron chi connectivity index (χ2n) is 9.39. The maximum atomic E-state index is 10.4. The van der Waals surface area contributed by atoms with Crippen LogP contribution in [0.4, 0.5) is 0 Å². The minimum Gasteiger partial charge on any atom is -0.389 e. The molecule has 0 spiro atoms. The largest absolute Gasteiger partial charge is 0.389 e. The average Bonchev–Trinajstić information content (AvgIpc) is 3.30. The number of nitrogens with one attached hydrogen (secondary N) is 2. The number of rotatable bonds is 3. The molecule has 3 heterocycles. The Labute approximate surface area is 177 Å². The fraction of sp³-hybridized carbons (Fsp3) is 0.385. The maximum absolute atomic E-state index is 10.4. The molecule has 2 aromatic heterocycles. The lowest BCUT2D eigenvalue weighted by molar-refractivity contribution is 0.0361. The first-order valence-electron chi connectivity index (χ1n) is 11.1. The van der Waals surface area contributed by atoms with Crippen molar-refractivity contribution >= 4 is 21.8 Å². The summed E-state index contributed by atoms with van der Waals surface area (Å²) in [4.78, 5) is 9.71. The Morgan fingerprint density at radius 1 is 1.00 bits per heavy atom. The van der Waals surface area contributed by atoms with Crippen LogP contribution in [0.5, 0.6) is 0 Å². The molecule has 4 nitrogen and oxygen atoms in total. The Morgan fingerprint density at radius 2 is 1.73 bits per heavy atom. The first-order valence-corrected chi connectivity index (χ1v) is 11.1. The number of para-hydroxylation sites is 2. The van der Waals surface area contributed by atoms with E-state index in [0.717, 1.165) is 32.4 Å². The summed E-state index contributed by atoms with van der Waals surface area (Å²) in [5, 5.41) is 13.1. The Kier molecular flexibility index (Phi) is 4.92. The van der Waals surface area contributed by atoms with Crippen molar-refractivity contribution in [2.45, 2.75) is 44.6 Å². The SMILES string of the molecule is CC(C)(O)CN1CCCC(c2c[nH]c3ccccc23)c2[nH]c3ccccc3c2CC1. The summed E-state index contributed by atoms with van der Waals surface area (Å²) in [6, 6.07) is 17.3. The normalized spacial score (nSPS) is 18.8. The smallest absolute Gasteiger partial charge is 0.0718 e. The highest BCUT2D eigenvalue weighted by molar-refractivity contribution is 5.87. The van der Waals surface area contributed by atoms with Gasteiger partial charge < -0.3 is 20.0 Å². The predicted octanol–water partition coefficient (Wildman–Crippen LogP) is 5.19. The van der Waals surface area contributed by atoms with Gasteiger partial charge in [0.2, 0.25) is 0 Å². The second-order valence-corrected chi connectivity index (χ2v) is 9.39. The number of hydrogen-bond donors (Lipinski definition) is 3. The number of aliphatic hydroxyl groups is 1. The first-order chi connectivity index (χ1) is 14.5. The summed E-state index contributed by atoms with van der Waals surface area (Å²) < 4.78 is 0. The number of benzene rings is 2. The Balaban J connectivity index is 1.61. The standard InChI is InChI=1S/C26H31N3O/c1-26(2,30)17-29-14-7-10-20(22-16-27-23-11-5-3-9-19(22)23)25-21(13-15-29)18-8-4-6-12-24(18)28-25/h3-6,8-9,11-12,16,20,27-28,30H,7,10,13-15,17H2,1-2H3. The van der Waals surface area contributed by atoms with Crippen LogP contribution < -0.4 is 0 Å². The van der Waals surface area contributed by atoms with Crippen LogP contribution in [0.1, 0.15) is 49.4 Å². The van der Waals surface area contributed by atoms with Crippen molar-refractivity contribution in [3.8, 4) is 0 Å². The van der Waals surface area contributed by atoms with Crippen molar-refractivity contribution in [3.05, 3.63) is 71.5 Å². The lowest BCUT2D eigenvalue weighted by Crippen LogP contribution is -2.40. The molecule has 3 N–H and O–H groups in total. The molecule has 0 radical (unpaired) electrons. The molecule has 2 aromatic carbocycles. The third-order valence-electron chi connectivity index (χ3n) is 6.45. The van der Waals surface area contributed by atoms with Crippen molar-refractivity contribution in [2.24, 2.45) is 0 Å². The molecule has 0 aliphatic carbocycles. The summed E-state index contributed by atoms with van der Waals surface area (Å²) in [5.41, 5.74) is 5.94. The van der Waals surface area contributed by atoms with Gasteiger partial charge in [-0.25, -0.2) is 0 Å². The number of H-pyrrole nitrogens is 2. The zero-order chi connectivity index (χ0) is 20.7. The zero-order valence-electron chi connectivity index (χ0n) is 17.9. The van der Waals surface area contributed by atoms with Crippen LogP contribution >= 0.6 is 0 Å². The van der Waals surface area contributed by atoms with E-state index in [1.54, 1.807) is 0 Å². The monoisotopic (exact) mass is 401 g/mol. The molecule has 1 atom stereocenters. The highest BCUT2D eigenvalue weighted by atomic mass is 16.3. The van der Waals surface area contributed by atoms with Gasteiger partial charge >= 0.3 is 0 Å². The molecule has 0 fully saturated rings. The molecule has 1 aliphatic rings. The molecule has 0 bridgehead atoms. The van der Waals surface area contributed by atoms with Gasteiger partial charge in [-0.1, -0.05) is 36.4 Å². The van der Waals surface area contributed by atoms with Crippen molar-refractivity contribution in [1.82, 2.24) is 14.9 Å². The molecule has 1 aliphatic heterocycles. The topological polar surface area (TPSA) is 55.0 Å². The summed E-state index contributed by atoms with van der Waals surface area (Å²) in [6.07, 6.45) is 5.39. The fourth-order valence-corrected chi connectivity index (χ4v) is 5.23. The van der Waals surface area contributed by atoms with Crippen molar-refractivity contribution < 1.29 is 5.11 Å². The number of aromatic nitrogens is 2. The van der Waals surface area contributed by atoms with E-state index in [1.807, 2.05) is 13.8 Å². The van der Waals surface area contributed by atoms with E-state index >= 15 is 0 Å². The molecule has 0 saturated carbocycles. The number of β-amino-alcohol motifs (C(OH)–C–C–N with tert-alkyl or cyclic N) is 1. The quantitative estimate of drug-likeness (QED) is 0.442. The number of hydrogen-bond acceptors (Lipinski definition) is 2. The fourth-order valence-electron chi connectivity index (χ4n) is 5.23. The summed E-state index contributed by atoms with van der Waals surface area (Å²) in [5.74, 6) is 0.339. The van der Waals surface area contributed by atoms with Gasteiger partial charge in [0, 0.05) is 52.7 Å². The molecular formula is C26H31N3O. The van der Waals surface area contributed by atoms with Gasteiger partial charge in [0.15, 0.2) is 0 Å². The van der Waals surface area contributed by atoms with Gasteiger partial charge in [-0.3, -0.25) is 0 Å². The van der Waals surface area contributed by atoms with Gasteiger partial charge in [-0.2, -0.15) is 0 Å². The highest BCUT2D eigenvalue weighted by Gasteiger charge is 2.27. The summed E-state index contributed by atoms with van der Waals surface area (Å²) in [7, 11) is 0. The first kappa shape index (κ1) is 19.4. The van der Waals surface area contributed by atoms with Crippen molar-refractivity contribution in [2.75, 3.05) is 19.6 Å². The van der Waals surface area contributed by atoms with E-state index < -0.39 is 5.60 Å². The van der Waals surface area contributed by atoms with Gasteiger partial charge in [-0.15, -0.1) is 0 Å². The van der Waals surface area contributed by atoms with Crippen LogP contribution in [-0.2, 0) is 6.42 Å². The molecule has 5 rings (SSSR count). The van der Waals surface area contributed by atoms with Gasteiger partial charge in [0.1, 0.15) is 0 Å². The van der Waals surface area contributed by atoms with Gasteiger partial charge in [0.25, 0.3) is 0 Å². The minimum atomic E-state index is -0.673. The predicted molar refractivity (Wildman–Crippen MR) is 124 cm³/mol. The van der Waals surface area contributed by atoms with E-state index in [9.17, 15) is 5.11 Å². The Hall–Kier alpha value is -2.56. The Morgan fingerprint density at radius 3 is 2.53 bits per heavy atom. The minimum absolute atomic E-state index is 0.339. The number of aromatic amines is 2. The molecule has 1 unspecified atom stereocenters. The van der Waals surface area contributed by atoms with Crippen LogP contribution in [-0.4, -0.2) is 45.2 Å². The lowest BCUT2D eigenvalue weighted by atomic mass is 9.88.